The van der Waals surface area contributed by atoms with Gasteiger partial charge in [-0.05, 0) is 107 Å². The molecule has 3 fully saturated rings. The maximum absolute atomic E-state index is 15.8. The van der Waals surface area contributed by atoms with E-state index in [0.29, 0.717) is 49.2 Å². The minimum atomic E-state index is -0.641. The summed E-state index contributed by atoms with van der Waals surface area (Å²) in [6, 6.07) is 14.4. The van der Waals surface area contributed by atoms with Crippen molar-refractivity contribution >= 4 is 50.8 Å². The molecule has 0 N–H and O–H groups in total. The molecule has 2 saturated heterocycles. The van der Waals surface area contributed by atoms with Crippen LogP contribution >= 0.6 is 0 Å². The number of hydrogen-bond donors (Lipinski definition) is 0. The molecule has 0 radical (unpaired) electrons. The van der Waals surface area contributed by atoms with E-state index in [1.165, 1.54) is 25.3 Å². The molecular formula is C42H47FN8O2. The lowest BCUT2D eigenvalue weighted by Crippen LogP contribution is -2.58. The summed E-state index contributed by atoms with van der Waals surface area (Å²) in [5.74, 6) is 0.473. The number of imidazole rings is 1. The van der Waals surface area contributed by atoms with Gasteiger partial charge in [0.25, 0.3) is 0 Å². The van der Waals surface area contributed by atoms with Crippen molar-refractivity contribution in [1.82, 2.24) is 29.3 Å². The van der Waals surface area contributed by atoms with Crippen molar-refractivity contribution in [2.75, 3.05) is 43.0 Å². The van der Waals surface area contributed by atoms with Gasteiger partial charge in [0.1, 0.15) is 11.3 Å². The molecule has 1 spiro atoms. The molecule has 10 nitrogen and oxygen atoms in total. The highest BCUT2D eigenvalue weighted by Crippen LogP contribution is 2.52. The van der Waals surface area contributed by atoms with Crippen LogP contribution < -0.4 is 9.80 Å². The molecule has 4 aliphatic rings. The van der Waals surface area contributed by atoms with Crippen LogP contribution in [0.15, 0.2) is 61.2 Å². The molecule has 3 aromatic heterocycles. The molecule has 0 atom stereocenters. The molecule has 6 heterocycles. The number of carbonyl (C=O) groups is 2. The third-order valence-corrected chi connectivity index (χ3v) is 12.6. The van der Waals surface area contributed by atoms with Gasteiger partial charge < -0.3 is 24.2 Å². The van der Waals surface area contributed by atoms with E-state index < -0.39 is 5.41 Å². The maximum atomic E-state index is 15.8. The van der Waals surface area contributed by atoms with Gasteiger partial charge in [0.05, 0.1) is 28.6 Å². The van der Waals surface area contributed by atoms with Gasteiger partial charge in [-0.2, -0.15) is 0 Å². The van der Waals surface area contributed by atoms with Gasteiger partial charge >= 0.3 is 0 Å². The first kappa shape index (κ1) is 33.9. The molecule has 53 heavy (non-hydrogen) atoms. The minimum absolute atomic E-state index is 0.0591. The Kier molecular flexibility index (Phi) is 8.25. The Morgan fingerprint density at radius 3 is 2.47 bits per heavy atom. The summed E-state index contributed by atoms with van der Waals surface area (Å²) < 4.78 is 17.9. The zero-order valence-electron chi connectivity index (χ0n) is 31.1. The molecule has 2 amide bonds. The largest absolute Gasteiger partial charge is 0.343 e. The van der Waals surface area contributed by atoms with E-state index in [-0.39, 0.29) is 29.7 Å². The highest BCUT2D eigenvalue weighted by Gasteiger charge is 2.55. The normalized spacial score (nSPS) is 21.5. The van der Waals surface area contributed by atoms with Crippen molar-refractivity contribution in [2.45, 2.75) is 89.3 Å². The van der Waals surface area contributed by atoms with Crippen molar-refractivity contribution in [2.24, 2.45) is 0 Å². The first-order chi connectivity index (χ1) is 25.6. The summed E-state index contributed by atoms with van der Waals surface area (Å²) in [7, 11) is 1.85. The van der Waals surface area contributed by atoms with Crippen molar-refractivity contribution in [1.29, 1.82) is 0 Å². The molecule has 274 valence electrons. The number of piperidine rings is 2. The van der Waals surface area contributed by atoms with Gasteiger partial charge in [-0.15, -0.1) is 0 Å². The summed E-state index contributed by atoms with van der Waals surface area (Å²) in [6.07, 6.45) is 12.2. The van der Waals surface area contributed by atoms with Crippen molar-refractivity contribution in [3.8, 4) is 11.3 Å². The third-order valence-electron chi connectivity index (χ3n) is 12.6. The molecule has 0 unspecified atom stereocenters. The Labute approximate surface area is 309 Å². The standard InChI is InChI=1S/C42H47FN8O2/c1-26(2)50-25-45-36-23-35(46-40(39(36)50)47(4)38-19-28-10-13-44-24-30(28)18-34(38)43)29-8-9-33-37(20-29)51(32-21-31(22-32)49-14-6-5-7-15-49)41(53)42(33)11-16-48(17-12-42)27(3)52/h8-10,13,18-20,23-26,31-32H,5-7,11-12,14-17,21-22H2,1-4H3/t31-,32+. The number of amides is 2. The quantitative estimate of drug-likeness (QED) is 0.181. The molecule has 1 saturated carbocycles. The van der Waals surface area contributed by atoms with Crippen molar-refractivity contribution < 1.29 is 14.0 Å². The van der Waals surface area contributed by atoms with Gasteiger partial charge in [-0.1, -0.05) is 18.6 Å². The van der Waals surface area contributed by atoms with E-state index in [2.05, 4.69) is 51.4 Å². The highest BCUT2D eigenvalue weighted by molar-refractivity contribution is 6.09. The fraction of sp³-hybridized carbons (Fsp3) is 0.452. The Bertz CT molecular complexity index is 2250. The number of fused-ring (bicyclic) bond motifs is 4. The number of pyridine rings is 2. The monoisotopic (exact) mass is 714 g/mol. The maximum Gasteiger partial charge on any atom is 0.238 e. The summed E-state index contributed by atoms with van der Waals surface area (Å²) in [5.41, 5.74) is 4.97. The summed E-state index contributed by atoms with van der Waals surface area (Å²) in [4.78, 5) is 49.8. The number of halogens is 1. The third kappa shape index (κ3) is 5.49. The second-order valence-electron chi connectivity index (χ2n) is 15.9. The molecule has 2 aromatic carbocycles. The summed E-state index contributed by atoms with van der Waals surface area (Å²) in [6.45, 7) is 9.25. The smallest absolute Gasteiger partial charge is 0.238 e. The van der Waals surface area contributed by atoms with Gasteiger partial charge in [-0.3, -0.25) is 14.6 Å². The van der Waals surface area contributed by atoms with Crippen LogP contribution in [0.4, 0.5) is 21.6 Å². The fourth-order valence-corrected chi connectivity index (χ4v) is 9.43. The van der Waals surface area contributed by atoms with Gasteiger partial charge in [0.15, 0.2) is 5.82 Å². The topological polar surface area (TPSA) is 90.7 Å². The number of carbonyl (C=O) groups excluding carboxylic acids is 2. The zero-order valence-corrected chi connectivity index (χ0v) is 31.1. The zero-order chi connectivity index (χ0) is 36.6. The fourth-order valence-electron chi connectivity index (χ4n) is 9.43. The Morgan fingerprint density at radius 1 is 0.962 bits per heavy atom. The van der Waals surface area contributed by atoms with E-state index in [1.807, 2.05) is 41.4 Å². The first-order valence-corrected chi connectivity index (χ1v) is 19.3. The molecule has 11 heteroatoms. The van der Waals surface area contributed by atoms with Crippen LogP contribution in [0.1, 0.15) is 77.3 Å². The highest BCUT2D eigenvalue weighted by atomic mass is 19.1. The lowest BCUT2D eigenvalue weighted by molar-refractivity contribution is -0.134. The molecule has 0 bridgehead atoms. The molecule has 1 aliphatic carbocycles. The van der Waals surface area contributed by atoms with Crippen LogP contribution in [0, 0.1) is 5.82 Å². The predicted molar refractivity (Wildman–Crippen MR) is 206 cm³/mol. The average molecular weight is 715 g/mol. The first-order valence-electron chi connectivity index (χ1n) is 19.3. The SMILES string of the molecule is CC(=O)N1CCC2(CC1)C(=O)N([C@H]1C[C@@H](N3CCCCC3)C1)c1cc(-c3cc4ncn(C(C)C)c4c(N(C)c4cc5ccncc5cc4F)n3)ccc12. The number of anilines is 3. The van der Waals surface area contributed by atoms with E-state index in [1.54, 1.807) is 19.3 Å². The molecule has 9 rings (SSSR count). The number of likely N-dealkylation sites (tertiary alicyclic amines) is 2. The lowest BCUT2D eigenvalue weighted by atomic mass is 9.73. The van der Waals surface area contributed by atoms with Crippen LogP contribution in [-0.4, -0.2) is 86.4 Å². The second kappa shape index (κ2) is 12.9. The van der Waals surface area contributed by atoms with Crippen molar-refractivity contribution in [3.05, 3.63) is 72.6 Å². The number of benzene rings is 2. The minimum Gasteiger partial charge on any atom is -0.343 e. The number of hydrogen-bond acceptors (Lipinski definition) is 7. The van der Waals surface area contributed by atoms with Crippen LogP contribution in [0.3, 0.4) is 0 Å². The van der Waals surface area contributed by atoms with Crippen molar-refractivity contribution in [3.63, 3.8) is 0 Å². The van der Waals surface area contributed by atoms with Crippen LogP contribution in [0.25, 0.3) is 33.1 Å². The second-order valence-corrected chi connectivity index (χ2v) is 15.9. The van der Waals surface area contributed by atoms with E-state index in [4.69, 9.17) is 9.97 Å². The molecule has 3 aliphatic heterocycles. The Morgan fingerprint density at radius 2 is 1.74 bits per heavy atom. The van der Waals surface area contributed by atoms with E-state index >= 15 is 4.39 Å². The van der Waals surface area contributed by atoms with Crippen LogP contribution in [0.2, 0.25) is 0 Å². The predicted octanol–water partition coefficient (Wildman–Crippen LogP) is 7.38. The lowest BCUT2D eigenvalue weighted by Gasteiger charge is -2.48. The summed E-state index contributed by atoms with van der Waals surface area (Å²) >= 11 is 0. The van der Waals surface area contributed by atoms with Gasteiger partial charge in [0.2, 0.25) is 11.8 Å². The Hall–Kier alpha value is -4.90. The number of nitrogens with zero attached hydrogens (tertiary/aromatic N) is 8. The number of aromatic nitrogens is 4. The molecular weight excluding hydrogens is 668 g/mol. The van der Waals surface area contributed by atoms with Crippen LogP contribution in [0.5, 0.6) is 0 Å². The van der Waals surface area contributed by atoms with E-state index in [0.717, 1.165) is 64.6 Å². The summed E-state index contributed by atoms with van der Waals surface area (Å²) in [5, 5.41) is 1.62. The van der Waals surface area contributed by atoms with Gasteiger partial charge in [0, 0.05) is 74.2 Å². The van der Waals surface area contributed by atoms with E-state index in [9.17, 15) is 9.59 Å². The Balaban J connectivity index is 1.14. The molecule has 5 aromatic rings. The average Bonchev–Trinajstić information content (AvgIpc) is 3.68. The number of rotatable bonds is 6. The van der Waals surface area contributed by atoms with Crippen LogP contribution in [-0.2, 0) is 15.0 Å². The van der Waals surface area contributed by atoms with Gasteiger partial charge in [-0.25, -0.2) is 14.4 Å².